The van der Waals surface area contributed by atoms with Gasteiger partial charge in [-0.05, 0) is 43.7 Å². The van der Waals surface area contributed by atoms with E-state index in [1.165, 1.54) is 11.8 Å². The van der Waals surface area contributed by atoms with Crippen molar-refractivity contribution in [3.05, 3.63) is 17.9 Å². The van der Waals surface area contributed by atoms with Crippen molar-refractivity contribution in [3.63, 3.8) is 0 Å². The number of nitrogens with zero attached hydrogens (tertiary/aromatic N) is 1. The molecule has 2 heterocycles. The van der Waals surface area contributed by atoms with Gasteiger partial charge in [0.1, 0.15) is 0 Å². The fraction of sp³-hybridized carbons (Fsp3) is 0.583. The van der Waals surface area contributed by atoms with Crippen molar-refractivity contribution in [2.24, 2.45) is 11.7 Å². The second-order valence-corrected chi connectivity index (χ2v) is 5.10. The Morgan fingerprint density at radius 1 is 1.53 bits per heavy atom. The number of hydrogen-bond donors (Lipinski definition) is 1. The number of carbonyl (C=O) groups is 1. The predicted octanol–water partition coefficient (Wildman–Crippen LogP) is 1.81. The molecule has 1 amide bonds. The standard InChI is InChI=1S/C12H18N2O2S/c1-17-11-3-2-10(16-11)12(15)14-6-4-9(8-13)5-7-14/h2-3,9H,4-8,13H2,1H3. The number of hydrogen-bond acceptors (Lipinski definition) is 4. The molecule has 0 unspecified atom stereocenters. The highest BCUT2D eigenvalue weighted by atomic mass is 32.2. The average molecular weight is 254 g/mol. The van der Waals surface area contributed by atoms with E-state index >= 15 is 0 Å². The van der Waals surface area contributed by atoms with Crippen LogP contribution >= 0.6 is 11.8 Å². The van der Waals surface area contributed by atoms with Crippen molar-refractivity contribution in [2.75, 3.05) is 25.9 Å². The van der Waals surface area contributed by atoms with Crippen molar-refractivity contribution >= 4 is 17.7 Å². The highest BCUT2D eigenvalue weighted by Gasteiger charge is 2.24. The zero-order valence-corrected chi connectivity index (χ0v) is 10.8. The van der Waals surface area contributed by atoms with Gasteiger partial charge in [0.25, 0.3) is 5.91 Å². The Morgan fingerprint density at radius 3 is 2.76 bits per heavy atom. The normalized spacial score (nSPS) is 17.4. The first-order valence-corrected chi connectivity index (χ1v) is 7.10. The Kier molecular flexibility index (Phi) is 4.12. The van der Waals surface area contributed by atoms with Gasteiger partial charge in [-0.2, -0.15) is 0 Å². The summed E-state index contributed by atoms with van der Waals surface area (Å²) >= 11 is 1.50. The van der Waals surface area contributed by atoms with Crippen LogP contribution in [0.3, 0.4) is 0 Å². The SMILES string of the molecule is CSc1ccc(C(=O)N2CCC(CN)CC2)o1. The molecule has 1 aliphatic rings. The van der Waals surface area contributed by atoms with Crippen LogP contribution < -0.4 is 5.73 Å². The molecule has 1 aromatic heterocycles. The number of rotatable bonds is 3. The lowest BCUT2D eigenvalue weighted by Crippen LogP contribution is -2.39. The third-order valence-corrected chi connectivity index (χ3v) is 3.85. The maximum atomic E-state index is 12.1. The van der Waals surface area contributed by atoms with Crippen molar-refractivity contribution in [1.29, 1.82) is 0 Å². The number of likely N-dealkylation sites (tertiary alicyclic amines) is 1. The zero-order valence-electron chi connectivity index (χ0n) is 10.0. The molecule has 0 atom stereocenters. The summed E-state index contributed by atoms with van der Waals surface area (Å²) in [6.45, 7) is 2.30. The second-order valence-electron chi connectivity index (χ2n) is 4.29. The Hall–Kier alpha value is -0.940. The topological polar surface area (TPSA) is 59.5 Å². The minimum Gasteiger partial charge on any atom is -0.445 e. The Bertz CT molecular complexity index is 384. The average Bonchev–Trinajstić information content (AvgIpc) is 2.87. The smallest absolute Gasteiger partial charge is 0.289 e. The van der Waals surface area contributed by atoms with Crippen LogP contribution in [0.5, 0.6) is 0 Å². The van der Waals surface area contributed by atoms with Gasteiger partial charge in [0.2, 0.25) is 0 Å². The summed E-state index contributed by atoms with van der Waals surface area (Å²) in [5, 5.41) is 0.783. The fourth-order valence-corrected chi connectivity index (χ4v) is 2.45. The fourth-order valence-electron chi connectivity index (χ4n) is 2.07. The van der Waals surface area contributed by atoms with Crippen LogP contribution in [-0.4, -0.2) is 36.7 Å². The highest BCUT2D eigenvalue weighted by Crippen LogP contribution is 2.22. The summed E-state index contributed by atoms with van der Waals surface area (Å²) in [6, 6.07) is 3.59. The molecule has 2 N–H and O–H groups in total. The third-order valence-electron chi connectivity index (χ3n) is 3.23. The summed E-state index contributed by atoms with van der Waals surface area (Å²) in [5.74, 6) is 1.01. The lowest BCUT2D eigenvalue weighted by molar-refractivity contribution is 0.0656. The summed E-state index contributed by atoms with van der Waals surface area (Å²) in [4.78, 5) is 14.0. The number of amides is 1. The molecule has 2 rings (SSSR count). The largest absolute Gasteiger partial charge is 0.445 e. The molecule has 5 heteroatoms. The van der Waals surface area contributed by atoms with Gasteiger partial charge < -0.3 is 15.1 Å². The van der Waals surface area contributed by atoms with Gasteiger partial charge in [0, 0.05) is 13.1 Å². The zero-order chi connectivity index (χ0) is 12.3. The molecule has 0 bridgehead atoms. The summed E-state index contributed by atoms with van der Waals surface area (Å²) in [6.07, 6.45) is 3.93. The second kappa shape index (κ2) is 5.60. The molecule has 1 aromatic rings. The van der Waals surface area contributed by atoms with Crippen molar-refractivity contribution in [1.82, 2.24) is 4.90 Å². The highest BCUT2D eigenvalue weighted by molar-refractivity contribution is 7.98. The van der Waals surface area contributed by atoms with Gasteiger partial charge in [-0.1, -0.05) is 11.8 Å². The molecular formula is C12H18N2O2S. The molecule has 0 aromatic carbocycles. The van der Waals surface area contributed by atoms with Gasteiger partial charge in [0.05, 0.1) is 0 Å². The van der Waals surface area contributed by atoms with Crippen LogP contribution in [0.4, 0.5) is 0 Å². The third kappa shape index (κ3) is 2.84. The van der Waals surface area contributed by atoms with Crippen molar-refractivity contribution < 1.29 is 9.21 Å². The van der Waals surface area contributed by atoms with Crippen molar-refractivity contribution in [2.45, 2.75) is 17.9 Å². The van der Waals surface area contributed by atoms with E-state index in [0.717, 1.165) is 37.6 Å². The quantitative estimate of drug-likeness (QED) is 0.836. The van der Waals surface area contributed by atoms with E-state index in [0.29, 0.717) is 11.7 Å². The van der Waals surface area contributed by atoms with Crippen LogP contribution in [0, 0.1) is 5.92 Å². The molecule has 4 nitrogen and oxygen atoms in total. The van der Waals surface area contributed by atoms with Crippen molar-refractivity contribution in [3.8, 4) is 0 Å². The van der Waals surface area contributed by atoms with Gasteiger partial charge >= 0.3 is 0 Å². The number of furan rings is 1. The molecule has 1 aliphatic heterocycles. The van der Waals surface area contributed by atoms with Crippen LogP contribution in [0.25, 0.3) is 0 Å². The monoisotopic (exact) mass is 254 g/mol. The Labute approximate surface area is 106 Å². The molecule has 94 valence electrons. The van der Waals surface area contributed by atoms with Gasteiger partial charge in [0.15, 0.2) is 10.9 Å². The first kappa shape index (κ1) is 12.5. The molecule has 0 saturated carbocycles. The summed E-state index contributed by atoms with van der Waals surface area (Å²) < 4.78 is 5.45. The minimum atomic E-state index is 0.000714. The molecule has 1 fully saturated rings. The lowest BCUT2D eigenvalue weighted by atomic mass is 9.97. The first-order chi connectivity index (χ1) is 8.24. The number of nitrogens with two attached hydrogens (primary N) is 1. The van der Waals surface area contributed by atoms with Crippen LogP contribution in [0.2, 0.25) is 0 Å². The summed E-state index contributed by atoms with van der Waals surface area (Å²) in [5.41, 5.74) is 5.63. The maximum Gasteiger partial charge on any atom is 0.289 e. The summed E-state index contributed by atoms with van der Waals surface area (Å²) in [7, 11) is 0. The van der Waals surface area contributed by atoms with Crippen LogP contribution in [-0.2, 0) is 0 Å². The van der Waals surface area contributed by atoms with E-state index in [9.17, 15) is 4.79 Å². The van der Waals surface area contributed by atoms with E-state index < -0.39 is 0 Å². The Morgan fingerprint density at radius 2 is 2.24 bits per heavy atom. The van der Waals surface area contributed by atoms with E-state index in [1.54, 1.807) is 6.07 Å². The number of piperidine rings is 1. The Balaban J connectivity index is 1.96. The molecule has 17 heavy (non-hydrogen) atoms. The molecular weight excluding hydrogens is 236 g/mol. The molecule has 0 radical (unpaired) electrons. The van der Waals surface area contributed by atoms with E-state index in [1.807, 2.05) is 17.2 Å². The number of carbonyl (C=O) groups excluding carboxylic acids is 1. The van der Waals surface area contributed by atoms with E-state index in [-0.39, 0.29) is 5.91 Å². The molecule has 0 aliphatic carbocycles. The molecule has 1 saturated heterocycles. The van der Waals surface area contributed by atoms with E-state index in [2.05, 4.69) is 0 Å². The lowest BCUT2D eigenvalue weighted by Gasteiger charge is -2.30. The van der Waals surface area contributed by atoms with Gasteiger partial charge in [-0.15, -0.1) is 0 Å². The van der Waals surface area contributed by atoms with Crippen LogP contribution in [0.15, 0.2) is 21.6 Å². The number of thioether (sulfide) groups is 1. The van der Waals surface area contributed by atoms with E-state index in [4.69, 9.17) is 10.2 Å². The first-order valence-electron chi connectivity index (χ1n) is 5.87. The van der Waals surface area contributed by atoms with Crippen LogP contribution in [0.1, 0.15) is 23.4 Å². The predicted molar refractivity (Wildman–Crippen MR) is 68.2 cm³/mol. The molecule has 0 spiro atoms. The van der Waals surface area contributed by atoms with Gasteiger partial charge in [-0.3, -0.25) is 4.79 Å². The van der Waals surface area contributed by atoms with Gasteiger partial charge in [-0.25, -0.2) is 0 Å². The minimum absolute atomic E-state index is 0.000714. The maximum absolute atomic E-state index is 12.1.